The van der Waals surface area contributed by atoms with Crippen molar-refractivity contribution in [3.63, 3.8) is 0 Å². The van der Waals surface area contributed by atoms with Gasteiger partial charge in [-0.3, -0.25) is 0 Å². The maximum absolute atomic E-state index is 12.4. The van der Waals surface area contributed by atoms with Crippen molar-refractivity contribution in [2.45, 2.75) is 23.8 Å². The van der Waals surface area contributed by atoms with Crippen molar-refractivity contribution in [1.29, 1.82) is 0 Å². The van der Waals surface area contributed by atoms with Crippen molar-refractivity contribution in [2.24, 2.45) is 0 Å². The number of carbonyl (C=O) groups excluding carboxylic acids is 1. The number of methoxy groups -OCH3 is 1. The van der Waals surface area contributed by atoms with Gasteiger partial charge < -0.3 is 9.84 Å². The number of hydrogen-bond acceptors (Lipinski definition) is 6. The number of β-amino-alcohol motifs (C(OH)–C–C–N with tert-alkyl or cyclic N) is 1. The van der Waals surface area contributed by atoms with Gasteiger partial charge >= 0.3 is 5.97 Å². The normalized spacial score (nSPS) is 24.6. The minimum atomic E-state index is -3.77. The largest absolute Gasteiger partial charge is 0.465 e. The SMILES string of the molecule is COC(=O)c1sccc1S(=O)(=O)N1CCC(C)(O)C1. The second-order valence-corrected chi connectivity index (χ2v) is 7.51. The van der Waals surface area contributed by atoms with Crippen molar-refractivity contribution in [1.82, 2.24) is 4.31 Å². The van der Waals surface area contributed by atoms with E-state index in [1.54, 1.807) is 6.92 Å². The van der Waals surface area contributed by atoms with Gasteiger partial charge in [0.25, 0.3) is 0 Å². The Bertz CT molecular complexity index is 590. The molecule has 1 aromatic rings. The molecule has 0 aromatic carbocycles. The van der Waals surface area contributed by atoms with E-state index < -0.39 is 21.6 Å². The van der Waals surface area contributed by atoms with E-state index >= 15 is 0 Å². The molecule has 2 rings (SSSR count). The molecule has 19 heavy (non-hydrogen) atoms. The van der Waals surface area contributed by atoms with E-state index in [0.717, 1.165) is 11.3 Å². The number of hydrogen-bond donors (Lipinski definition) is 1. The smallest absolute Gasteiger partial charge is 0.349 e. The Morgan fingerprint density at radius 3 is 2.79 bits per heavy atom. The average Bonchev–Trinajstić information content (AvgIpc) is 2.94. The Hall–Kier alpha value is -0.960. The van der Waals surface area contributed by atoms with Crippen LogP contribution in [0, 0.1) is 0 Å². The first-order valence-corrected chi connectivity index (χ1v) is 7.98. The highest BCUT2D eigenvalue weighted by Crippen LogP contribution is 2.30. The van der Waals surface area contributed by atoms with Gasteiger partial charge in [-0.2, -0.15) is 4.31 Å². The molecular formula is C11H15NO5S2. The fourth-order valence-electron chi connectivity index (χ4n) is 1.99. The highest BCUT2D eigenvalue weighted by atomic mass is 32.2. The Morgan fingerprint density at radius 2 is 2.26 bits per heavy atom. The lowest BCUT2D eigenvalue weighted by Crippen LogP contribution is -2.34. The number of esters is 1. The van der Waals surface area contributed by atoms with E-state index in [9.17, 15) is 18.3 Å². The highest BCUT2D eigenvalue weighted by Gasteiger charge is 2.40. The topological polar surface area (TPSA) is 83.9 Å². The Kier molecular flexibility index (Phi) is 3.69. The minimum absolute atomic E-state index is 0.0335. The summed E-state index contributed by atoms with van der Waals surface area (Å²) in [6.45, 7) is 1.87. The van der Waals surface area contributed by atoms with Crippen LogP contribution in [0.2, 0.25) is 0 Å². The van der Waals surface area contributed by atoms with Crippen molar-refractivity contribution < 1.29 is 23.1 Å². The van der Waals surface area contributed by atoms with E-state index in [-0.39, 0.29) is 22.9 Å². The molecule has 0 bridgehead atoms. The molecule has 8 heteroatoms. The number of ether oxygens (including phenoxy) is 1. The maximum Gasteiger partial charge on any atom is 0.349 e. The molecule has 1 atom stereocenters. The lowest BCUT2D eigenvalue weighted by atomic mass is 10.1. The van der Waals surface area contributed by atoms with Crippen LogP contribution in [-0.4, -0.2) is 49.6 Å². The second-order valence-electron chi connectivity index (χ2n) is 4.69. The third kappa shape index (κ3) is 2.66. The van der Waals surface area contributed by atoms with Crippen LogP contribution in [0.3, 0.4) is 0 Å². The molecule has 1 unspecified atom stereocenters. The van der Waals surface area contributed by atoms with Crippen LogP contribution in [0.5, 0.6) is 0 Å². The molecule has 106 valence electrons. The van der Waals surface area contributed by atoms with Crippen LogP contribution in [-0.2, 0) is 14.8 Å². The Morgan fingerprint density at radius 1 is 1.58 bits per heavy atom. The molecule has 0 aliphatic carbocycles. The summed E-state index contributed by atoms with van der Waals surface area (Å²) < 4.78 is 30.6. The third-order valence-electron chi connectivity index (χ3n) is 3.03. The summed E-state index contributed by atoms with van der Waals surface area (Å²) in [5.74, 6) is -0.667. The quantitative estimate of drug-likeness (QED) is 0.830. The fourth-order valence-corrected chi connectivity index (χ4v) is 4.86. The summed E-state index contributed by atoms with van der Waals surface area (Å²) in [5, 5.41) is 11.4. The van der Waals surface area contributed by atoms with Crippen LogP contribution in [0.25, 0.3) is 0 Å². The number of sulfonamides is 1. The summed E-state index contributed by atoms with van der Waals surface area (Å²) >= 11 is 1.02. The van der Waals surface area contributed by atoms with Gasteiger partial charge in [-0.25, -0.2) is 13.2 Å². The lowest BCUT2D eigenvalue weighted by Gasteiger charge is -2.18. The van der Waals surface area contributed by atoms with Gasteiger partial charge in [-0.1, -0.05) is 0 Å². The van der Waals surface area contributed by atoms with Crippen LogP contribution in [0.1, 0.15) is 23.0 Å². The van der Waals surface area contributed by atoms with Gasteiger partial charge in [0.15, 0.2) is 0 Å². The summed E-state index contributed by atoms with van der Waals surface area (Å²) in [7, 11) is -2.56. The number of nitrogens with zero attached hydrogens (tertiary/aromatic N) is 1. The molecule has 6 nitrogen and oxygen atoms in total. The van der Waals surface area contributed by atoms with Gasteiger partial charge in [-0.05, 0) is 24.8 Å². The molecule has 2 heterocycles. The predicted molar refractivity (Wildman–Crippen MR) is 69.7 cm³/mol. The van der Waals surface area contributed by atoms with Crippen LogP contribution in [0.4, 0.5) is 0 Å². The third-order valence-corrected chi connectivity index (χ3v) is 5.95. The van der Waals surface area contributed by atoms with E-state index in [0.29, 0.717) is 6.42 Å². The monoisotopic (exact) mass is 305 g/mol. The minimum Gasteiger partial charge on any atom is -0.465 e. The van der Waals surface area contributed by atoms with Gasteiger partial charge in [-0.15, -0.1) is 11.3 Å². The predicted octanol–water partition coefficient (Wildman–Crippen LogP) is 0.680. The first kappa shape index (κ1) is 14.4. The first-order valence-electron chi connectivity index (χ1n) is 5.66. The van der Waals surface area contributed by atoms with Crippen molar-refractivity contribution in [3.05, 3.63) is 16.3 Å². The van der Waals surface area contributed by atoms with E-state index in [1.165, 1.54) is 22.9 Å². The summed E-state index contributed by atoms with van der Waals surface area (Å²) in [4.78, 5) is 11.6. The molecule has 1 N–H and O–H groups in total. The molecule has 0 saturated carbocycles. The van der Waals surface area contributed by atoms with Crippen molar-refractivity contribution in [2.75, 3.05) is 20.2 Å². The molecule has 1 aromatic heterocycles. The van der Waals surface area contributed by atoms with Crippen molar-refractivity contribution in [3.8, 4) is 0 Å². The highest BCUT2D eigenvalue weighted by molar-refractivity contribution is 7.89. The van der Waals surface area contributed by atoms with Crippen LogP contribution >= 0.6 is 11.3 Å². The zero-order valence-corrected chi connectivity index (χ0v) is 12.3. The number of aliphatic hydroxyl groups is 1. The lowest BCUT2D eigenvalue weighted by molar-refractivity contribution is 0.0602. The van der Waals surface area contributed by atoms with E-state index in [4.69, 9.17) is 0 Å². The second kappa shape index (κ2) is 4.86. The first-order chi connectivity index (χ1) is 8.78. The standard InChI is InChI=1S/C11H15NO5S2/c1-11(14)4-5-12(7-11)19(15,16)8-3-6-18-9(8)10(13)17-2/h3,6,14H,4-5,7H2,1-2H3. The zero-order chi connectivity index (χ0) is 14.3. The molecule has 0 radical (unpaired) electrons. The number of thiophene rings is 1. The van der Waals surface area contributed by atoms with Gasteiger partial charge in [0.1, 0.15) is 9.77 Å². The Balaban J connectivity index is 2.36. The molecule has 1 aliphatic rings. The summed E-state index contributed by atoms with van der Waals surface area (Å²) in [6.07, 6.45) is 0.379. The number of rotatable bonds is 3. The van der Waals surface area contributed by atoms with Crippen molar-refractivity contribution >= 4 is 27.3 Å². The maximum atomic E-state index is 12.4. The molecule has 1 fully saturated rings. The Labute approximate surface area is 115 Å². The van der Waals surface area contributed by atoms with Gasteiger partial charge in [0, 0.05) is 13.1 Å². The molecule has 1 saturated heterocycles. The van der Waals surface area contributed by atoms with Gasteiger partial charge in [0.2, 0.25) is 10.0 Å². The fraction of sp³-hybridized carbons (Fsp3) is 0.545. The summed E-state index contributed by atoms with van der Waals surface area (Å²) in [5.41, 5.74) is -1.02. The number of carbonyl (C=O) groups is 1. The molecule has 1 aliphatic heterocycles. The van der Waals surface area contributed by atoms with Gasteiger partial charge in [0.05, 0.1) is 12.7 Å². The average molecular weight is 305 g/mol. The van der Waals surface area contributed by atoms with Crippen LogP contribution < -0.4 is 0 Å². The zero-order valence-electron chi connectivity index (χ0n) is 10.6. The van der Waals surface area contributed by atoms with Crippen LogP contribution in [0.15, 0.2) is 16.3 Å². The summed E-state index contributed by atoms with van der Waals surface area (Å²) in [6, 6.07) is 1.39. The molecule has 0 amide bonds. The molecule has 0 spiro atoms. The van der Waals surface area contributed by atoms with E-state index in [2.05, 4.69) is 4.74 Å². The van der Waals surface area contributed by atoms with E-state index in [1.807, 2.05) is 0 Å². The molecular weight excluding hydrogens is 290 g/mol.